The molecule has 2 unspecified atom stereocenters. The van der Waals surface area contributed by atoms with Crippen molar-refractivity contribution < 1.29 is 19.4 Å². The monoisotopic (exact) mass is 598 g/mol. The Kier molecular flexibility index (Phi) is 8.29. The molecule has 3 aromatic rings. The number of aliphatic carboxylic acids is 1. The van der Waals surface area contributed by atoms with E-state index >= 15 is 0 Å². The van der Waals surface area contributed by atoms with Crippen LogP contribution in [0.2, 0.25) is 0 Å². The van der Waals surface area contributed by atoms with E-state index in [1.807, 2.05) is 34.1 Å². The van der Waals surface area contributed by atoms with Crippen molar-refractivity contribution in [2.75, 3.05) is 18.6 Å². The van der Waals surface area contributed by atoms with Crippen molar-refractivity contribution in [2.24, 2.45) is 17.3 Å². The van der Waals surface area contributed by atoms with Gasteiger partial charge in [0.2, 0.25) is 5.91 Å². The molecule has 1 aromatic carbocycles. The van der Waals surface area contributed by atoms with Crippen molar-refractivity contribution in [3.05, 3.63) is 60.0 Å². The number of aryl methyl sites for hydroxylation is 1. The molecule has 4 fully saturated rings. The summed E-state index contributed by atoms with van der Waals surface area (Å²) in [6.07, 6.45) is 14.7. The number of hydrogen-bond donors (Lipinski definition) is 1. The lowest BCUT2D eigenvalue weighted by molar-refractivity contribution is -0.143. The number of benzene rings is 1. The second-order valence-corrected chi connectivity index (χ2v) is 14.0. The fraction of sp³-hybridized carbons (Fsp3) is 0.556. The Bertz CT molecular complexity index is 1500. The van der Waals surface area contributed by atoms with Crippen LogP contribution >= 0.6 is 0 Å². The first-order valence-corrected chi connectivity index (χ1v) is 16.3. The van der Waals surface area contributed by atoms with E-state index in [-0.39, 0.29) is 28.7 Å². The first-order chi connectivity index (χ1) is 21.1. The van der Waals surface area contributed by atoms with E-state index in [0.29, 0.717) is 25.2 Å². The number of fused-ring (bicyclic) bond motifs is 3. The van der Waals surface area contributed by atoms with E-state index in [1.165, 1.54) is 11.1 Å². The molecule has 4 aliphatic carbocycles. The summed E-state index contributed by atoms with van der Waals surface area (Å²) in [7, 11) is 1.72. The van der Waals surface area contributed by atoms with Crippen LogP contribution in [-0.2, 0) is 15.0 Å². The SMILES string of the molecule is COc1ccc(C23CCC(CN(C(=O)C4CCCC(C(=O)O)C4)c4cc(-c5cnn(C(C)C)c5)ccn4)(CC2)CC3)cc1C. The van der Waals surface area contributed by atoms with Gasteiger partial charge in [0.25, 0.3) is 0 Å². The van der Waals surface area contributed by atoms with Gasteiger partial charge in [-0.15, -0.1) is 0 Å². The minimum Gasteiger partial charge on any atom is -0.496 e. The quantitative estimate of drug-likeness (QED) is 0.276. The Labute approximate surface area is 260 Å². The van der Waals surface area contributed by atoms with Crippen LogP contribution in [0.15, 0.2) is 48.9 Å². The van der Waals surface area contributed by atoms with Crippen LogP contribution in [0.25, 0.3) is 11.1 Å². The molecule has 2 aromatic heterocycles. The summed E-state index contributed by atoms with van der Waals surface area (Å²) < 4.78 is 7.46. The van der Waals surface area contributed by atoms with Crippen molar-refractivity contribution in [2.45, 2.75) is 96.4 Å². The summed E-state index contributed by atoms with van der Waals surface area (Å²) in [5.41, 5.74) is 4.77. The number of aromatic nitrogens is 3. The smallest absolute Gasteiger partial charge is 0.306 e. The minimum absolute atomic E-state index is 0.0278. The number of anilines is 1. The van der Waals surface area contributed by atoms with Crippen LogP contribution in [0.4, 0.5) is 5.82 Å². The topological polar surface area (TPSA) is 97.5 Å². The van der Waals surface area contributed by atoms with Crippen molar-refractivity contribution >= 4 is 17.7 Å². The summed E-state index contributed by atoms with van der Waals surface area (Å²) >= 11 is 0. The average Bonchev–Trinajstić information content (AvgIpc) is 3.56. The van der Waals surface area contributed by atoms with Gasteiger partial charge < -0.3 is 9.84 Å². The molecule has 0 aliphatic heterocycles. The molecule has 2 bridgehead atoms. The second-order valence-electron chi connectivity index (χ2n) is 14.0. The Morgan fingerprint density at radius 2 is 1.77 bits per heavy atom. The first kappa shape index (κ1) is 30.4. The molecule has 2 atom stereocenters. The number of carbonyl (C=O) groups excluding carboxylic acids is 1. The van der Waals surface area contributed by atoms with Gasteiger partial charge in [0.05, 0.1) is 19.2 Å². The maximum Gasteiger partial charge on any atom is 0.306 e. The lowest BCUT2D eigenvalue weighted by Gasteiger charge is -2.55. The van der Waals surface area contributed by atoms with Crippen LogP contribution in [-0.4, -0.2) is 45.4 Å². The molecule has 8 nitrogen and oxygen atoms in total. The third-order valence-electron chi connectivity index (χ3n) is 11.0. The zero-order chi connectivity index (χ0) is 31.1. The predicted molar refractivity (Wildman–Crippen MR) is 171 cm³/mol. The molecular formula is C36H46N4O4. The largest absolute Gasteiger partial charge is 0.496 e. The summed E-state index contributed by atoms with van der Waals surface area (Å²) in [5.74, 6) is 0.0607. The summed E-state index contributed by atoms with van der Waals surface area (Å²) in [6.45, 7) is 6.94. The Hall–Kier alpha value is -3.68. The molecule has 4 aliphatic rings. The van der Waals surface area contributed by atoms with Gasteiger partial charge >= 0.3 is 5.97 Å². The van der Waals surface area contributed by atoms with Crippen LogP contribution in [0.3, 0.4) is 0 Å². The number of methoxy groups -OCH3 is 1. The number of amides is 1. The average molecular weight is 599 g/mol. The third kappa shape index (κ3) is 5.75. The van der Waals surface area contributed by atoms with Crippen LogP contribution in [0, 0.1) is 24.2 Å². The number of carboxylic acids is 1. The fourth-order valence-electron chi connectivity index (χ4n) is 8.12. The van der Waals surface area contributed by atoms with Crippen molar-refractivity contribution in [3.63, 3.8) is 0 Å². The molecule has 0 saturated heterocycles. The van der Waals surface area contributed by atoms with Crippen LogP contribution < -0.4 is 9.64 Å². The molecule has 1 amide bonds. The van der Waals surface area contributed by atoms with Crippen LogP contribution in [0.1, 0.15) is 95.2 Å². The van der Waals surface area contributed by atoms with Crippen molar-refractivity contribution in [1.82, 2.24) is 14.8 Å². The highest BCUT2D eigenvalue weighted by Crippen LogP contribution is 2.58. The normalized spacial score (nSPS) is 26.5. The maximum atomic E-state index is 14.4. The Morgan fingerprint density at radius 1 is 1.05 bits per heavy atom. The van der Waals surface area contributed by atoms with Gasteiger partial charge in [0.15, 0.2) is 0 Å². The van der Waals surface area contributed by atoms with Crippen molar-refractivity contribution in [1.29, 1.82) is 0 Å². The van der Waals surface area contributed by atoms with Gasteiger partial charge in [-0.2, -0.15) is 5.10 Å². The number of nitrogens with zero attached hydrogens (tertiary/aromatic N) is 4. The number of hydrogen-bond acceptors (Lipinski definition) is 5. The van der Waals surface area contributed by atoms with E-state index in [9.17, 15) is 14.7 Å². The molecule has 0 spiro atoms. The second kappa shape index (κ2) is 12.0. The highest BCUT2D eigenvalue weighted by Gasteiger charge is 2.51. The van der Waals surface area contributed by atoms with E-state index in [2.05, 4.69) is 44.1 Å². The zero-order valence-corrected chi connectivity index (χ0v) is 26.6. The van der Waals surface area contributed by atoms with Gasteiger partial charge in [-0.3, -0.25) is 19.2 Å². The minimum atomic E-state index is -0.792. The van der Waals surface area contributed by atoms with Crippen molar-refractivity contribution in [3.8, 4) is 16.9 Å². The molecule has 2 heterocycles. The molecule has 44 heavy (non-hydrogen) atoms. The first-order valence-electron chi connectivity index (χ1n) is 16.3. The number of ether oxygens (including phenoxy) is 1. The highest BCUT2D eigenvalue weighted by atomic mass is 16.5. The Balaban J connectivity index is 1.28. The molecule has 4 saturated carbocycles. The predicted octanol–water partition coefficient (Wildman–Crippen LogP) is 7.36. The van der Waals surface area contributed by atoms with Gasteiger partial charge in [-0.25, -0.2) is 4.98 Å². The lowest BCUT2D eigenvalue weighted by Crippen LogP contribution is -2.52. The highest BCUT2D eigenvalue weighted by molar-refractivity contribution is 5.95. The molecule has 234 valence electrons. The zero-order valence-electron chi connectivity index (χ0n) is 26.6. The molecule has 1 N–H and O–H groups in total. The fourth-order valence-corrected chi connectivity index (χ4v) is 8.12. The summed E-state index contributed by atoms with van der Waals surface area (Å²) in [4.78, 5) is 33.0. The molecular weight excluding hydrogens is 552 g/mol. The van der Waals surface area contributed by atoms with Crippen LogP contribution in [0.5, 0.6) is 5.75 Å². The van der Waals surface area contributed by atoms with Gasteiger partial charge in [-0.05, 0) is 124 Å². The molecule has 7 rings (SSSR count). The van der Waals surface area contributed by atoms with E-state index < -0.39 is 11.9 Å². The number of carboxylic acid groups (broad SMARTS) is 1. The van der Waals surface area contributed by atoms with E-state index in [1.54, 1.807) is 13.3 Å². The molecule has 0 radical (unpaired) electrons. The van der Waals surface area contributed by atoms with E-state index in [0.717, 1.165) is 68.2 Å². The lowest BCUT2D eigenvalue weighted by atomic mass is 9.51. The Morgan fingerprint density at radius 3 is 2.41 bits per heavy atom. The summed E-state index contributed by atoms with van der Waals surface area (Å²) in [5, 5.41) is 14.3. The number of pyridine rings is 1. The van der Waals surface area contributed by atoms with Gasteiger partial charge in [-0.1, -0.05) is 18.6 Å². The van der Waals surface area contributed by atoms with Gasteiger partial charge in [0, 0.05) is 36.5 Å². The maximum absolute atomic E-state index is 14.4. The standard InChI is InChI=1S/C36H46N4O4/c1-24(2)40-22-29(21-38-40)26-10-17-37-32(20-26)39(33(41)27-6-5-7-28(19-27)34(42)43)23-35-11-14-36(15-12-35,16-13-35)30-8-9-31(44-4)25(3)18-30/h8-10,17-18,20-22,24,27-28H,5-7,11-16,19,23H2,1-4H3,(H,42,43). The summed E-state index contributed by atoms with van der Waals surface area (Å²) in [6, 6.07) is 10.9. The van der Waals surface area contributed by atoms with Gasteiger partial charge in [0.1, 0.15) is 11.6 Å². The third-order valence-corrected chi connectivity index (χ3v) is 11.0. The number of rotatable bonds is 9. The number of carbonyl (C=O) groups is 2. The molecule has 8 heteroatoms. The van der Waals surface area contributed by atoms with E-state index in [4.69, 9.17) is 9.72 Å².